The Hall–Kier alpha value is -1.47. The van der Waals surface area contributed by atoms with Gasteiger partial charge in [-0.1, -0.05) is 6.07 Å². The fourth-order valence-corrected chi connectivity index (χ4v) is 3.05. The molecular weight excluding hydrogens is 329 g/mol. The van der Waals surface area contributed by atoms with E-state index in [-0.39, 0.29) is 24.3 Å². The number of imide groups is 1. The number of hydrogen-bond donors (Lipinski definition) is 2. The van der Waals surface area contributed by atoms with Gasteiger partial charge in [-0.3, -0.25) is 9.69 Å². The van der Waals surface area contributed by atoms with E-state index in [0.29, 0.717) is 29.5 Å². The molecule has 1 spiro atoms. The number of carbonyl (C=O) groups is 2. The van der Waals surface area contributed by atoms with E-state index >= 15 is 0 Å². The van der Waals surface area contributed by atoms with Gasteiger partial charge in [0.1, 0.15) is 11.4 Å². The van der Waals surface area contributed by atoms with E-state index < -0.39 is 5.54 Å². The van der Waals surface area contributed by atoms with Crippen LogP contribution in [0.15, 0.2) is 22.7 Å². The van der Waals surface area contributed by atoms with Crippen molar-refractivity contribution in [2.75, 3.05) is 13.1 Å². The van der Waals surface area contributed by atoms with Crippen molar-refractivity contribution < 1.29 is 14.0 Å². The molecule has 0 bridgehead atoms. The van der Waals surface area contributed by atoms with E-state index in [9.17, 15) is 14.0 Å². The Kier molecular flexibility index (Phi) is 3.25. The summed E-state index contributed by atoms with van der Waals surface area (Å²) in [7, 11) is 0. The zero-order chi connectivity index (χ0) is 14.3. The predicted octanol–water partition coefficient (Wildman–Crippen LogP) is 1.37. The number of urea groups is 1. The lowest BCUT2D eigenvalue weighted by Gasteiger charge is -2.19. The van der Waals surface area contributed by atoms with Gasteiger partial charge in [0.15, 0.2) is 0 Å². The highest BCUT2D eigenvalue weighted by Gasteiger charge is 2.52. The number of nitrogens with zero attached hydrogens (tertiary/aromatic N) is 1. The molecule has 1 unspecified atom stereocenters. The summed E-state index contributed by atoms with van der Waals surface area (Å²) in [6.07, 6.45) is 0.598. The molecule has 1 atom stereocenters. The summed E-state index contributed by atoms with van der Waals surface area (Å²) in [6.45, 7) is 1.31. The van der Waals surface area contributed by atoms with Crippen molar-refractivity contribution in [2.45, 2.75) is 18.5 Å². The fourth-order valence-electron chi connectivity index (χ4n) is 2.62. The first-order chi connectivity index (χ1) is 9.52. The van der Waals surface area contributed by atoms with Crippen molar-refractivity contribution in [2.24, 2.45) is 0 Å². The number of rotatable bonds is 2. The van der Waals surface area contributed by atoms with Gasteiger partial charge in [0.25, 0.3) is 5.91 Å². The number of amides is 3. The average molecular weight is 342 g/mol. The molecule has 3 amide bonds. The molecule has 0 saturated carbocycles. The second-order valence-corrected chi connectivity index (χ2v) is 5.93. The van der Waals surface area contributed by atoms with Crippen molar-refractivity contribution in [3.63, 3.8) is 0 Å². The van der Waals surface area contributed by atoms with Gasteiger partial charge < -0.3 is 10.6 Å². The molecule has 2 aliphatic heterocycles. The van der Waals surface area contributed by atoms with Gasteiger partial charge in [-0.25, -0.2) is 9.18 Å². The van der Waals surface area contributed by atoms with Crippen molar-refractivity contribution in [1.29, 1.82) is 0 Å². The van der Waals surface area contributed by atoms with Gasteiger partial charge in [-0.05, 0) is 46.6 Å². The summed E-state index contributed by atoms with van der Waals surface area (Å²) in [4.78, 5) is 25.6. The Morgan fingerprint density at radius 3 is 2.85 bits per heavy atom. The molecule has 2 fully saturated rings. The van der Waals surface area contributed by atoms with E-state index in [1.165, 1.54) is 11.0 Å². The third-order valence-electron chi connectivity index (χ3n) is 3.73. The lowest BCUT2D eigenvalue weighted by Crippen LogP contribution is -2.48. The lowest BCUT2D eigenvalue weighted by molar-refractivity contribution is -0.131. The van der Waals surface area contributed by atoms with Crippen LogP contribution in [0.1, 0.15) is 12.0 Å². The van der Waals surface area contributed by atoms with Gasteiger partial charge in [0.05, 0.1) is 11.0 Å². The quantitative estimate of drug-likeness (QED) is 0.799. The van der Waals surface area contributed by atoms with Crippen molar-refractivity contribution in [3.8, 4) is 0 Å². The third kappa shape index (κ3) is 2.10. The van der Waals surface area contributed by atoms with Gasteiger partial charge in [0.2, 0.25) is 0 Å². The van der Waals surface area contributed by atoms with Crippen molar-refractivity contribution in [1.82, 2.24) is 15.5 Å². The molecule has 2 heterocycles. The topological polar surface area (TPSA) is 61.4 Å². The largest absolute Gasteiger partial charge is 0.325 e. The summed E-state index contributed by atoms with van der Waals surface area (Å²) in [5.41, 5.74) is -0.0984. The molecule has 2 saturated heterocycles. The minimum atomic E-state index is -0.797. The molecule has 1 aromatic rings. The van der Waals surface area contributed by atoms with Gasteiger partial charge in [0, 0.05) is 6.54 Å². The first-order valence-corrected chi connectivity index (χ1v) is 7.10. The Labute approximate surface area is 123 Å². The SMILES string of the molecule is O=C1NC2(CCNC2)C(=O)N1Cc1ccc(F)c(Br)c1. The van der Waals surface area contributed by atoms with Crippen LogP contribution in [0.2, 0.25) is 0 Å². The van der Waals surface area contributed by atoms with E-state index in [2.05, 4.69) is 26.6 Å². The zero-order valence-corrected chi connectivity index (χ0v) is 12.2. The van der Waals surface area contributed by atoms with Gasteiger partial charge in [-0.15, -0.1) is 0 Å². The Balaban J connectivity index is 1.82. The van der Waals surface area contributed by atoms with E-state index in [0.717, 1.165) is 0 Å². The van der Waals surface area contributed by atoms with Crippen LogP contribution in [-0.2, 0) is 11.3 Å². The number of nitrogens with one attached hydrogen (secondary N) is 2. The number of hydrogen-bond acceptors (Lipinski definition) is 3. The highest BCUT2D eigenvalue weighted by Crippen LogP contribution is 2.26. The Morgan fingerprint density at radius 2 is 2.20 bits per heavy atom. The molecule has 2 aliphatic rings. The lowest BCUT2D eigenvalue weighted by atomic mass is 9.99. The van der Waals surface area contributed by atoms with Crippen LogP contribution in [0.5, 0.6) is 0 Å². The molecule has 5 nitrogen and oxygen atoms in total. The van der Waals surface area contributed by atoms with Gasteiger partial charge in [-0.2, -0.15) is 0 Å². The number of benzene rings is 1. The second kappa shape index (κ2) is 4.82. The molecule has 7 heteroatoms. The normalized spacial score (nSPS) is 25.6. The maximum atomic E-state index is 13.2. The summed E-state index contributed by atoms with van der Waals surface area (Å²) >= 11 is 3.10. The van der Waals surface area contributed by atoms with Crippen LogP contribution in [0.4, 0.5) is 9.18 Å². The van der Waals surface area contributed by atoms with Crippen molar-refractivity contribution >= 4 is 27.9 Å². The molecule has 20 heavy (non-hydrogen) atoms. The smallest absolute Gasteiger partial charge is 0.322 e. The maximum Gasteiger partial charge on any atom is 0.325 e. The highest BCUT2D eigenvalue weighted by molar-refractivity contribution is 9.10. The molecular formula is C13H13BrFN3O2. The highest BCUT2D eigenvalue weighted by atomic mass is 79.9. The molecule has 0 aliphatic carbocycles. The summed E-state index contributed by atoms with van der Waals surface area (Å²) in [6, 6.07) is 4.07. The average Bonchev–Trinajstić information content (AvgIpc) is 2.96. The van der Waals surface area contributed by atoms with Crippen LogP contribution in [-0.4, -0.2) is 35.5 Å². The second-order valence-electron chi connectivity index (χ2n) is 5.08. The maximum absolute atomic E-state index is 13.2. The summed E-state index contributed by atoms with van der Waals surface area (Å²) < 4.78 is 13.5. The van der Waals surface area contributed by atoms with Crippen LogP contribution in [0.3, 0.4) is 0 Å². The van der Waals surface area contributed by atoms with Crippen LogP contribution in [0, 0.1) is 5.82 Å². The number of halogens is 2. The predicted molar refractivity (Wildman–Crippen MR) is 73.4 cm³/mol. The first kappa shape index (κ1) is 13.5. The third-order valence-corrected chi connectivity index (χ3v) is 4.33. The minimum Gasteiger partial charge on any atom is -0.322 e. The molecule has 0 aromatic heterocycles. The minimum absolute atomic E-state index is 0.144. The standard InChI is InChI=1S/C13H13BrFN3O2/c14-9-5-8(1-2-10(9)15)6-18-11(19)13(17-12(18)20)3-4-16-7-13/h1-2,5,16H,3-4,6-7H2,(H,17,20). The molecule has 106 valence electrons. The van der Waals surface area contributed by atoms with Crippen molar-refractivity contribution in [3.05, 3.63) is 34.1 Å². The van der Waals surface area contributed by atoms with Crippen LogP contribution in [0.25, 0.3) is 0 Å². The monoisotopic (exact) mass is 341 g/mol. The van der Waals surface area contributed by atoms with E-state index in [1.54, 1.807) is 12.1 Å². The molecule has 2 N–H and O–H groups in total. The van der Waals surface area contributed by atoms with E-state index in [4.69, 9.17) is 0 Å². The Morgan fingerprint density at radius 1 is 1.40 bits per heavy atom. The fraction of sp³-hybridized carbons (Fsp3) is 0.385. The molecule has 1 aromatic carbocycles. The van der Waals surface area contributed by atoms with Crippen LogP contribution < -0.4 is 10.6 Å². The zero-order valence-electron chi connectivity index (χ0n) is 10.6. The van der Waals surface area contributed by atoms with E-state index in [1.807, 2.05) is 0 Å². The molecule has 0 radical (unpaired) electrons. The summed E-state index contributed by atoms with van der Waals surface area (Å²) in [5, 5.41) is 5.85. The Bertz CT molecular complexity index is 587. The number of carbonyl (C=O) groups excluding carboxylic acids is 2. The summed E-state index contributed by atoms with van der Waals surface area (Å²) in [5.74, 6) is -0.588. The van der Waals surface area contributed by atoms with Crippen LogP contribution >= 0.6 is 15.9 Å². The first-order valence-electron chi connectivity index (χ1n) is 6.31. The molecule has 3 rings (SSSR count). The van der Waals surface area contributed by atoms with Gasteiger partial charge >= 0.3 is 6.03 Å².